The zero-order chi connectivity index (χ0) is 17.3. The smallest absolute Gasteiger partial charge is 0.272 e. The maximum atomic E-state index is 12.8. The van der Waals surface area contributed by atoms with E-state index in [1.807, 2.05) is 19.9 Å². The van der Waals surface area contributed by atoms with Crippen LogP contribution in [0.1, 0.15) is 41.6 Å². The Balaban J connectivity index is 1.71. The summed E-state index contributed by atoms with van der Waals surface area (Å²) < 4.78 is 1.63. The summed E-state index contributed by atoms with van der Waals surface area (Å²) in [7, 11) is 1.78. The van der Waals surface area contributed by atoms with E-state index in [1.54, 1.807) is 35.2 Å². The highest BCUT2D eigenvalue weighted by atomic mass is 16.3. The van der Waals surface area contributed by atoms with Crippen LogP contribution in [0.4, 0.5) is 0 Å². The minimum Gasteiger partial charge on any atom is -0.391 e. The molecule has 2 aromatic rings. The van der Waals surface area contributed by atoms with E-state index in [0.29, 0.717) is 25.2 Å². The number of hydrogen-bond acceptors (Lipinski definition) is 5. The van der Waals surface area contributed by atoms with Gasteiger partial charge in [0.1, 0.15) is 5.69 Å². The summed E-state index contributed by atoms with van der Waals surface area (Å²) in [6.07, 6.45) is 5.03. The van der Waals surface area contributed by atoms with Crippen molar-refractivity contribution in [1.29, 1.82) is 0 Å². The van der Waals surface area contributed by atoms with E-state index >= 15 is 0 Å². The Morgan fingerprint density at radius 2 is 2.17 bits per heavy atom. The minimum atomic E-state index is -0.547. The van der Waals surface area contributed by atoms with Gasteiger partial charge in [-0.05, 0) is 18.4 Å². The second-order valence-electron chi connectivity index (χ2n) is 6.67. The summed E-state index contributed by atoms with van der Waals surface area (Å²) in [6, 6.07) is 1.84. The fraction of sp³-hybridized carbons (Fsp3) is 0.529. The van der Waals surface area contributed by atoms with Crippen LogP contribution >= 0.6 is 0 Å². The van der Waals surface area contributed by atoms with Gasteiger partial charge in [-0.15, -0.1) is 0 Å². The number of likely N-dealkylation sites (tertiary alicyclic amines) is 1. The van der Waals surface area contributed by atoms with Crippen LogP contribution in [0.3, 0.4) is 0 Å². The zero-order valence-electron chi connectivity index (χ0n) is 14.3. The SMILES string of the molecule is CC(C)c1cc(C(=O)N2C[C@@H](Cc3cnccn3)[C@H](O)C2)n(C)n1. The largest absolute Gasteiger partial charge is 0.391 e. The number of carbonyl (C=O) groups excluding carboxylic acids is 1. The maximum absolute atomic E-state index is 12.8. The Bertz CT molecular complexity index is 713. The average molecular weight is 329 g/mol. The fourth-order valence-corrected chi connectivity index (χ4v) is 3.06. The van der Waals surface area contributed by atoms with E-state index in [9.17, 15) is 9.90 Å². The Labute approximate surface area is 141 Å². The quantitative estimate of drug-likeness (QED) is 0.905. The minimum absolute atomic E-state index is 0.0246. The molecule has 1 fully saturated rings. The number of aromatic nitrogens is 4. The number of amides is 1. The molecule has 128 valence electrons. The first-order valence-corrected chi connectivity index (χ1v) is 8.22. The highest BCUT2D eigenvalue weighted by Crippen LogP contribution is 2.23. The van der Waals surface area contributed by atoms with Gasteiger partial charge in [-0.25, -0.2) is 0 Å². The lowest BCUT2D eigenvalue weighted by atomic mass is 10.0. The van der Waals surface area contributed by atoms with Gasteiger partial charge >= 0.3 is 0 Å². The molecule has 0 spiro atoms. The molecular formula is C17H23N5O2. The molecule has 2 aromatic heterocycles. The lowest BCUT2D eigenvalue weighted by molar-refractivity contribution is 0.0754. The first-order chi connectivity index (χ1) is 11.5. The Hall–Kier alpha value is -2.28. The third-order valence-corrected chi connectivity index (χ3v) is 4.49. The summed E-state index contributed by atoms with van der Waals surface area (Å²) in [5.41, 5.74) is 2.29. The number of β-amino-alcohol motifs (C(OH)–C–C–N with tert-alkyl or cyclic N) is 1. The molecule has 2 atom stereocenters. The van der Waals surface area contributed by atoms with Crippen LogP contribution in [0, 0.1) is 5.92 Å². The van der Waals surface area contributed by atoms with Crippen molar-refractivity contribution in [1.82, 2.24) is 24.6 Å². The molecular weight excluding hydrogens is 306 g/mol. The van der Waals surface area contributed by atoms with Crippen molar-refractivity contribution >= 4 is 5.91 Å². The number of aliphatic hydroxyl groups excluding tert-OH is 1. The van der Waals surface area contributed by atoms with Crippen LogP contribution in [-0.2, 0) is 13.5 Å². The maximum Gasteiger partial charge on any atom is 0.272 e. The zero-order valence-corrected chi connectivity index (χ0v) is 14.3. The number of carbonyl (C=O) groups is 1. The van der Waals surface area contributed by atoms with Gasteiger partial charge in [-0.2, -0.15) is 5.10 Å². The van der Waals surface area contributed by atoms with Crippen LogP contribution in [-0.4, -0.2) is 54.9 Å². The molecule has 0 unspecified atom stereocenters. The molecule has 0 radical (unpaired) electrons. The van der Waals surface area contributed by atoms with Crippen molar-refractivity contribution in [3.63, 3.8) is 0 Å². The van der Waals surface area contributed by atoms with Gasteiger partial charge in [0.2, 0.25) is 0 Å². The molecule has 7 nitrogen and oxygen atoms in total. The molecule has 0 saturated carbocycles. The van der Waals surface area contributed by atoms with E-state index in [1.165, 1.54) is 0 Å². The lowest BCUT2D eigenvalue weighted by Crippen LogP contribution is -2.31. The van der Waals surface area contributed by atoms with E-state index in [0.717, 1.165) is 11.4 Å². The van der Waals surface area contributed by atoms with Gasteiger partial charge in [0.25, 0.3) is 5.91 Å². The normalized spacial score (nSPS) is 20.8. The highest BCUT2D eigenvalue weighted by Gasteiger charge is 2.35. The molecule has 3 rings (SSSR count). The molecule has 7 heteroatoms. The third kappa shape index (κ3) is 3.31. The van der Waals surface area contributed by atoms with Crippen molar-refractivity contribution in [2.24, 2.45) is 13.0 Å². The van der Waals surface area contributed by atoms with E-state index < -0.39 is 6.10 Å². The van der Waals surface area contributed by atoms with Crippen LogP contribution in [0.5, 0.6) is 0 Å². The van der Waals surface area contributed by atoms with Crippen LogP contribution in [0.2, 0.25) is 0 Å². The van der Waals surface area contributed by atoms with Crippen molar-refractivity contribution in [3.05, 3.63) is 41.7 Å². The Kier molecular flexibility index (Phi) is 4.62. The molecule has 24 heavy (non-hydrogen) atoms. The number of aliphatic hydroxyl groups is 1. The van der Waals surface area contributed by atoms with Gasteiger partial charge < -0.3 is 10.0 Å². The summed E-state index contributed by atoms with van der Waals surface area (Å²) in [5, 5.41) is 14.7. The molecule has 0 bridgehead atoms. The first-order valence-electron chi connectivity index (χ1n) is 8.22. The predicted molar refractivity (Wildman–Crippen MR) is 88.4 cm³/mol. The van der Waals surface area contributed by atoms with E-state index in [2.05, 4.69) is 15.1 Å². The van der Waals surface area contributed by atoms with Crippen molar-refractivity contribution in [2.75, 3.05) is 13.1 Å². The Morgan fingerprint density at radius 1 is 1.38 bits per heavy atom. The van der Waals surface area contributed by atoms with Gasteiger partial charge in [0.05, 0.1) is 17.5 Å². The molecule has 0 aromatic carbocycles. The summed E-state index contributed by atoms with van der Waals surface area (Å²) in [6.45, 7) is 4.95. The van der Waals surface area contributed by atoms with Gasteiger partial charge in [0.15, 0.2) is 0 Å². The monoisotopic (exact) mass is 329 g/mol. The summed E-state index contributed by atoms with van der Waals surface area (Å²) >= 11 is 0. The topological polar surface area (TPSA) is 84.1 Å². The second-order valence-corrected chi connectivity index (χ2v) is 6.67. The Morgan fingerprint density at radius 3 is 2.79 bits per heavy atom. The summed E-state index contributed by atoms with van der Waals surface area (Å²) in [4.78, 5) is 22.8. The highest BCUT2D eigenvalue weighted by molar-refractivity contribution is 5.93. The molecule has 3 heterocycles. The van der Waals surface area contributed by atoms with Gasteiger partial charge in [0, 0.05) is 44.6 Å². The van der Waals surface area contributed by atoms with Crippen LogP contribution in [0.25, 0.3) is 0 Å². The second kappa shape index (κ2) is 6.68. The number of rotatable bonds is 4. The molecule has 1 aliphatic heterocycles. The van der Waals surface area contributed by atoms with E-state index in [4.69, 9.17) is 0 Å². The molecule has 1 aliphatic rings. The molecule has 1 saturated heterocycles. The van der Waals surface area contributed by atoms with Crippen LogP contribution < -0.4 is 0 Å². The first kappa shape index (κ1) is 16.6. The standard InChI is InChI=1S/C17H23N5O2/c1-11(2)14-7-15(21(3)20-14)17(24)22-9-12(16(23)10-22)6-13-8-18-4-5-19-13/h4-5,7-8,11-12,16,23H,6,9-10H2,1-3H3/t12-,16-/m1/s1. The molecule has 1 N–H and O–H groups in total. The number of aryl methyl sites for hydroxylation is 1. The predicted octanol–water partition coefficient (Wildman–Crippen LogP) is 1.01. The van der Waals surface area contributed by atoms with Crippen LogP contribution in [0.15, 0.2) is 24.7 Å². The molecule has 1 amide bonds. The van der Waals surface area contributed by atoms with Crippen molar-refractivity contribution in [2.45, 2.75) is 32.3 Å². The third-order valence-electron chi connectivity index (χ3n) is 4.49. The van der Waals surface area contributed by atoms with Gasteiger partial charge in [-0.3, -0.25) is 19.4 Å². The number of nitrogens with zero attached hydrogens (tertiary/aromatic N) is 5. The number of hydrogen-bond donors (Lipinski definition) is 1. The van der Waals surface area contributed by atoms with E-state index in [-0.39, 0.29) is 17.7 Å². The lowest BCUT2D eigenvalue weighted by Gasteiger charge is -2.15. The summed E-state index contributed by atoms with van der Waals surface area (Å²) in [5.74, 6) is 0.160. The van der Waals surface area contributed by atoms with Gasteiger partial charge in [-0.1, -0.05) is 13.8 Å². The van der Waals surface area contributed by atoms with Crippen molar-refractivity contribution in [3.8, 4) is 0 Å². The van der Waals surface area contributed by atoms with Crippen molar-refractivity contribution < 1.29 is 9.90 Å². The average Bonchev–Trinajstić information content (AvgIpc) is 3.12. The molecule has 0 aliphatic carbocycles. The fourth-order valence-electron chi connectivity index (χ4n) is 3.06.